The molecule has 1 unspecified atom stereocenters. The molecule has 1 atom stereocenters. The van der Waals surface area contributed by atoms with Crippen LogP contribution in [-0.2, 0) is 6.61 Å². The number of nitrogens with two attached hydrogens (primary N) is 1. The zero-order valence-corrected chi connectivity index (χ0v) is 25.7. The Labute approximate surface area is 269 Å². The van der Waals surface area contributed by atoms with Crippen LogP contribution in [0.15, 0.2) is 94.7 Å². The lowest BCUT2D eigenvalue weighted by Crippen LogP contribution is -2.21. The summed E-state index contributed by atoms with van der Waals surface area (Å²) in [5.41, 5.74) is 9.89. The maximum absolute atomic E-state index is 13.1. The van der Waals surface area contributed by atoms with Gasteiger partial charge < -0.3 is 29.1 Å². The van der Waals surface area contributed by atoms with E-state index in [1.54, 1.807) is 55.5 Å². The monoisotopic (exact) mass is 640 g/mol. The summed E-state index contributed by atoms with van der Waals surface area (Å²) in [6.45, 7) is 4.25. The minimum Gasteiger partial charge on any atom is -0.490 e. The van der Waals surface area contributed by atoms with Gasteiger partial charge in [0.05, 0.1) is 12.5 Å². The molecule has 1 aliphatic rings. The number of aryl methyl sites for hydroxylation is 1. The maximum Gasteiger partial charge on any atom is 0.379 e. The number of nitrogens with zero attached hydrogens (tertiary/aromatic N) is 1. The molecule has 4 aromatic carbocycles. The lowest BCUT2D eigenvalue weighted by atomic mass is 9.83. The Morgan fingerprint density at radius 3 is 2.58 bits per heavy atom. The molecule has 0 aliphatic carbocycles. The van der Waals surface area contributed by atoms with E-state index in [4.69, 9.17) is 52.3 Å². The third-order valence-electron chi connectivity index (χ3n) is 7.43. The van der Waals surface area contributed by atoms with E-state index in [-0.39, 0.29) is 29.6 Å². The molecule has 6 rings (SSSR count). The van der Waals surface area contributed by atoms with Gasteiger partial charge in [-0.2, -0.15) is 5.26 Å². The number of allylic oxidation sites excluding steroid dienone is 1. The first kappa shape index (κ1) is 29.9. The highest BCUT2D eigenvalue weighted by molar-refractivity contribution is 6.35. The van der Waals surface area contributed by atoms with Crippen LogP contribution >= 0.6 is 23.2 Å². The molecule has 0 saturated heterocycles. The molecular weight excluding hydrogens is 615 g/mol. The second-order valence-electron chi connectivity index (χ2n) is 10.2. The van der Waals surface area contributed by atoms with E-state index < -0.39 is 11.9 Å². The maximum atomic E-state index is 13.1. The Bertz CT molecular complexity index is 2030. The summed E-state index contributed by atoms with van der Waals surface area (Å²) in [5, 5.41) is 11.9. The molecule has 0 saturated carbocycles. The molecule has 1 aromatic heterocycles. The first-order chi connectivity index (χ1) is 21.8. The third-order valence-corrected chi connectivity index (χ3v) is 8.02. The molecule has 2 heterocycles. The quantitative estimate of drug-likeness (QED) is 0.133. The average Bonchev–Trinajstić information content (AvgIpc) is 3.37. The van der Waals surface area contributed by atoms with Gasteiger partial charge in [0.25, 0.3) is 0 Å². The van der Waals surface area contributed by atoms with Crippen molar-refractivity contribution in [2.45, 2.75) is 26.4 Å². The number of hydrogen-bond acceptors (Lipinski definition) is 8. The molecular formula is C35H26Cl2N2O6. The summed E-state index contributed by atoms with van der Waals surface area (Å²) >= 11 is 12.3. The van der Waals surface area contributed by atoms with Crippen molar-refractivity contribution < 1.29 is 28.2 Å². The number of carbonyl (C=O) groups excluding carboxylic acids is 1. The highest BCUT2D eigenvalue weighted by Crippen LogP contribution is 2.45. The van der Waals surface area contributed by atoms with Gasteiger partial charge >= 0.3 is 5.97 Å². The van der Waals surface area contributed by atoms with Crippen molar-refractivity contribution in [3.8, 4) is 29.1 Å². The van der Waals surface area contributed by atoms with Crippen molar-refractivity contribution in [2.75, 3.05) is 6.61 Å². The van der Waals surface area contributed by atoms with Gasteiger partial charge in [0.2, 0.25) is 11.6 Å². The third kappa shape index (κ3) is 5.88. The van der Waals surface area contributed by atoms with Crippen molar-refractivity contribution in [3.05, 3.63) is 128 Å². The number of nitriles is 1. The summed E-state index contributed by atoms with van der Waals surface area (Å²) in [5.74, 6) is 0.386. The predicted molar refractivity (Wildman–Crippen MR) is 170 cm³/mol. The zero-order chi connectivity index (χ0) is 31.7. The second-order valence-corrected chi connectivity index (χ2v) is 11.1. The van der Waals surface area contributed by atoms with Gasteiger partial charge in [-0.25, -0.2) is 4.79 Å². The standard InChI is InChI=1S/C35H26Cl2N2O6/c1-3-41-31-14-20(9-13-29(31)42-18-21-8-10-22(36)15-27(21)37)32-25-12-11-23(16-30(25)45-34(39)26(32)17-38)43-35(40)33-19(2)24-6-4-5-7-28(24)44-33/h4-16,32H,3,18,39H2,1-2H3. The Morgan fingerprint density at radius 2 is 1.82 bits per heavy atom. The van der Waals surface area contributed by atoms with Crippen molar-refractivity contribution >= 4 is 40.1 Å². The number of halogens is 2. The van der Waals surface area contributed by atoms with E-state index in [1.807, 2.05) is 37.3 Å². The highest BCUT2D eigenvalue weighted by atomic mass is 35.5. The Kier molecular flexibility index (Phi) is 8.31. The SMILES string of the molecule is CCOc1cc(C2C(C#N)=C(N)Oc3cc(OC(=O)c4oc5ccccc5c4C)ccc32)ccc1OCc1ccc(Cl)cc1Cl. The minimum atomic E-state index is -0.644. The van der Waals surface area contributed by atoms with Crippen LogP contribution in [0.1, 0.15) is 45.7 Å². The number of carbonyl (C=O) groups is 1. The fourth-order valence-electron chi connectivity index (χ4n) is 5.25. The Morgan fingerprint density at radius 1 is 1.00 bits per heavy atom. The molecule has 0 spiro atoms. The van der Waals surface area contributed by atoms with E-state index in [0.717, 1.165) is 16.5 Å². The van der Waals surface area contributed by atoms with E-state index in [9.17, 15) is 10.1 Å². The number of rotatable bonds is 8. The second kappa shape index (κ2) is 12.5. The van der Waals surface area contributed by atoms with Crippen molar-refractivity contribution in [3.63, 3.8) is 0 Å². The summed E-state index contributed by atoms with van der Waals surface area (Å²) in [6, 6.07) is 25.1. The van der Waals surface area contributed by atoms with Gasteiger partial charge in [-0.15, -0.1) is 0 Å². The van der Waals surface area contributed by atoms with Crippen molar-refractivity contribution in [1.82, 2.24) is 0 Å². The molecule has 45 heavy (non-hydrogen) atoms. The molecule has 226 valence electrons. The van der Waals surface area contributed by atoms with Gasteiger partial charge in [-0.1, -0.05) is 59.6 Å². The van der Waals surface area contributed by atoms with E-state index in [0.29, 0.717) is 50.6 Å². The molecule has 5 aromatic rings. The van der Waals surface area contributed by atoms with Crippen LogP contribution < -0.4 is 24.7 Å². The van der Waals surface area contributed by atoms with Gasteiger partial charge in [-0.05, 0) is 55.8 Å². The van der Waals surface area contributed by atoms with Gasteiger partial charge in [-0.3, -0.25) is 0 Å². The number of hydrogen-bond donors (Lipinski definition) is 1. The van der Waals surface area contributed by atoms with Gasteiger partial charge in [0.15, 0.2) is 11.5 Å². The highest BCUT2D eigenvalue weighted by Gasteiger charge is 2.32. The topological polar surface area (TPSA) is 117 Å². The Balaban J connectivity index is 1.29. The van der Waals surface area contributed by atoms with E-state index in [2.05, 4.69) is 6.07 Å². The van der Waals surface area contributed by atoms with Crippen LogP contribution in [0.5, 0.6) is 23.0 Å². The van der Waals surface area contributed by atoms with E-state index >= 15 is 0 Å². The zero-order valence-electron chi connectivity index (χ0n) is 24.2. The molecule has 0 amide bonds. The van der Waals surface area contributed by atoms with Crippen LogP contribution in [0.3, 0.4) is 0 Å². The molecule has 0 bridgehead atoms. The number of esters is 1. The largest absolute Gasteiger partial charge is 0.490 e. The molecule has 0 fully saturated rings. The normalized spacial score (nSPS) is 14.0. The first-order valence-corrected chi connectivity index (χ1v) is 14.8. The molecule has 0 radical (unpaired) electrons. The minimum absolute atomic E-state index is 0.0535. The number of fused-ring (bicyclic) bond motifs is 2. The predicted octanol–water partition coefficient (Wildman–Crippen LogP) is 8.46. The summed E-state index contributed by atoms with van der Waals surface area (Å²) in [7, 11) is 0. The van der Waals surface area contributed by atoms with Crippen molar-refractivity contribution in [2.24, 2.45) is 5.73 Å². The molecule has 10 heteroatoms. The van der Waals surface area contributed by atoms with E-state index in [1.165, 1.54) is 0 Å². The number of para-hydroxylation sites is 1. The fraction of sp³-hybridized carbons (Fsp3) is 0.143. The van der Waals surface area contributed by atoms with Gasteiger partial charge in [0, 0.05) is 38.2 Å². The van der Waals surface area contributed by atoms with Crippen molar-refractivity contribution in [1.29, 1.82) is 5.26 Å². The fourth-order valence-corrected chi connectivity index (χ4v) is 5.71. The smallest absolute Gasteiger partial charge is 0.379 e. The first-order valence-electron chi connectivity index (χ1n) is 14.0. The Hall–Kier alpha value is -5.10. The lowest BCUT2D eigenvalue weighted by Gasteiger charge is -2.27. The summed E-state index contributed by atoms with van der Waals surface area (Å²) in [6.07, 6.45) is 0. The number of ether oxygens (including phenoxy) is 4. The van der Waals surface area contributed by atoms with Crippen LogP contribution in [-0.4, -0.2) is 12.6 Å². The average molecular weight is 642 g/mol. The van der Waals surface area contributed by atoms with Crippen LogP contribution in [0.4, 0.5) is 0 Å². The summed E-state index contributed by atoms with van der Waals surface area (Å²) in [4.78, 5) is 13.1. The van der Waals surface area contributed by atoms with Crippen LogP contribution in [0, 0.1) is 18.3 Å². The van der Waals surface area contributed by atoms with Crippen LogP contribution in [0.2, 0.25) is 10.0 Å². The lowest BCUT2D eigenvalue weighted by molar-refractivity contribution is 0.0702. The molecule has 1 aliphatic heterocycles. The molecule has 2 N–H and O–H groups in total. The number of benzene rings is 4. The molecule has 8 nitrogen and oxygen atoms in total. The number of furan rings is 1. The van der Waals surface area contributed by atoms with Crippen LogP contribution in [0.25, 0.3) is 11.0 Å². The summed E-state index contributed by atoms with van der Waals surface area (Å²) < 4.78 is 29.2. The van der Waals surface area contributed by atoms with Gasteiger partial charge in [0.1, 0.15) is 35.3 Å².